The summed E-state index contributed by atoms with van der Waals surface area (Å²) in [5, 5.41) is 10.4. The third-order valence-electron chi connectivity index (χ3n) is 3.88. The summed E-state index contributed by atoms with van der Waals surface area (Å²) in [6.45, 7) is -0.695. The summed E-state index contributed by atoms with van der Waals surface area (Å²) in [6, 6.07) is 6.53. The van der Waals surface area contributed by atoms with Crippen LogP contribution in [0.2, 0.25) is 0 Å². The number of alkyl halides is 2. The maximum absolute atomic E-state index is 12.4. The van der Waals surface area contributed by atoms with Crippen LogP contribution in [0.25, 0.3) is 0 Å². The molecule has 3 unspecified atom stereocenters. The van der Waals surface area contributed by atoms with Gasteiger partial charge in [0.05, 0.1) is 6.10 Å². The van der Waals surface area contributed by atoms with Gasteiger partial charge in [0.1, 0.15) is 5.75 Å². The minimum atomic E-state index is -2.86. The number of hydrogen-bond acceptors (Lipinski definition) is 2. The average molecular weight is 270 g/mol. The van der Waals surface area contributed by atoms with E-state index in [9.17, 15) is 13.9 Å². The molecule has 1 fully saturated rings. The van der Waals surface area contributed by atoms with Crippen molar-refractivity contribution in [1.29, 1.82) is 0 Å². The third-order valence-corrected chi connectivity index (χ3v) is 3.88. The van der Waals surface area contributed by atoms with Gasteiger partial charge in [0, 0.05) is 5.56 Å². The molecule has 1 aliphatic carbocycles. The first-order valence-corrected chi connectivity index (χ1v) is 6.79. The molecule has 0 amide bonds. The van der Waals surface area contributed by atoms with Crippen molar-refractivity contribution >= 4 is 0 Å². The second-order valence-electron chi connectivity index (χ2n) is 5.39. The van der Waals surface area contributed by atoms with Gasteiger partial charge in [0.2, 0.25) is 0 Å². The van der Waals surface area contributed by atoms with E-state index in [1.165, 1.54) is 12.5 Å². The molecule has 0 saturated heterocycles. The Morgan fingerprint density at radius 1 is 1.26 bits per heavy atom. The predicted octanol–water partition coefficient (Wildman–Crippen LogP) is 4.15. The van der Waals surface area contributed by atoms with Gasteiger partial charge < -0.3 is 9.84 Å². The van der Waals surface area contributed by atoms with Gasteiger partial charge in [-0.3, -0.25) is 0 Å². The van der Waals surface area contributed by atoms with Crippen molar-refractivity contribution in [3.05, 3.63) is 29.8 Å². The molecule has 0 radical (unpaired) electrons. The Morgan fingerprint density at radius 2 is 2.00 bits per heavy atom. The molecule has 3 atom stereocenters. The number of aliphatic hydroxyl groups is 1. The number of aliphatic hydroxyl groups excluding tert-OH is 1. The van der Waals surface area contributed by atoms with E-state index < -0.39 is 12.7 Å². The Balaban J connectivity index is 2.15. The Labute approximate surface area is 112 Å². The monoisotopic (exact) mass is 270 g/mol. The van der Waals surface area contributed by atoms with Gasteiger partial charge in [0.25, 0.3) is 0 Å². The Hall–Kier alpha value is -1.16. The standard InChI is InChI=1S/C15H20F2O2/c1-10-5-4-6-11(9-10)14(18)12-7-2-3-8-13(12)19-15(16)17/h2-3,7-8,10-11,14-15,18H,4-6,9H2,1H3. The molecule has 0 spiro atoms. The first kappa shape index (κ1) is 14.3. The molecule has 106 valence electrons. The largest absolute Gasteiger partial charge is 0.434 e. The quantitative estimate of drug-likeness (QED) is 0.890. The van der Waals surface area contributed by atoms with Crippen LogP contribution in [-0.4, -0.2) is 11.7 Å². The summed E-state index contributed by atoms with van der Waals surface area (Å²) < 4.78 is 29.2. The summed E-state index contributed by atoms with van der Waals surface area (Å²) in [7, 11) is 0. The van der Waals surface area contributed by atoms with Gasteiger partial charge in [0.15, 0.2) is 0 Å². The van der Waals surface area contributed by atoms with E-state index in [0.717, 1.165) is 19.3 Å². The van der Waals surface area contributed by atoms with Crippen LogP contribution in [-0.2, 0) is 0 Å². The van der Waals surface area contributed by atoms with Crippen LogP contribution in [0.15, 0.2) is 24.3 Å². The number of benzene rings is 1. The second kappa shape index (κ2) is 6.33. The Bertz CT molecular complexity index is 409. The first-order chi connectivity index (χ1) is 9.08. The van der Waals surface area contributed by atoms with Crippen LogP contribution in [0.1, 0.15) is 44.3 Å². The molecule has 0 bridgehead atoms. The predicted molar refractivity (Wildman–Crippen MR) is 69.2 cm³/mol. The molecule has 1 aliphatic rings. The van der Waals surface area contributed by atoms with Crippen LogP contribution < -0.4 is 4.74 Å². The topological polar surface area (TPSA) is 29.5 Å². The lowest BCUT2D eigenvalue weighted by atomic mass is 9.78. The minimum absolute atomic E-state index is 0.0863. The van der Waals surface area contributed by atoms with Crippen LogP contribution in [0.3, 0.4) is 0 Å². The molecule has 4 heteroatoms. The van der Waals surface area contributed by atoms with Crippen molar-refractivity contribution in [3.8, 4) is 5.75 Å². The minimum Gasteiger partial charge on any atom is -0.434 e. The highest BCUT2D eigenvalue weighted by Gasteiger charge is 2.28. The lowest BCUT2D eigenvalue weighted by Gasteiger charge is -2.31. The van der Waals surface area contributed by atoms with Crippen molar-refractivity contribution in [2.24, 2.45) is 11.8 Å². The maximum Gasteiger partial charge on any atom is 0.387 e. The number of halogens is 2. The fourth-order valence-electron chi connectivity index (χ4n) is 2.95. The van der Waals surface area contributed by atoms with E-state index in [4.69, 9.17) is 0 Å². The summed E-state index contributed by atoms with van der Waals surface area (Å²) in [5.74, 6) is 0.797. The van der Waals surface area contributed by atoms with E-state index in [1.807, 2.05) is 0 Å². The number of hydrogen-bond donors (Lipinski definition) is 1. The van der Waals surface area contributed by atoms with Gasteiger partial charge >= 0.3 is 6.61 Å². The molecule has 2 rings (SSSR count). The van der Waals surface area contributed by atoms with Crippen molar-refractivity contribution < 1.29 is 18.6 Å². The first-order valence-electron chi connectivity index (χ1n) is 6.79. The molecule has 2 nitrogen and oxygen atoms in total. The third kappa shape index (κ3) is 3.66. The summed E-state index contributed by atoms with van der Waals surface area (Å²) in [6.07, 6.45) is 3.41. The highest BCUT2D eigenvalue weighted by molar-refractivity contribution is 5.35. The van der Waals surface area contributed by atoms with Gasteiger partial charge in [-0.05, 0) is 30.7 Å². The van der Waals surface area contributed by atoms with E-state index >= 15 is 0 Å². The molecule has 0 heterocycles. The summed E-state index contributed by atoms with van der Waals surface area (Å²) in [4.78, 5) is 0. The molecular weight excluding hydrogens is 250 g/mol. The lowest BCUT2D eigenvalue weighted by molar-refractivity contribution is -0.0525. The Morgan fingerprint density at radius 3 is 2.68 bits per heavy atom. The molecule has 1 aromatic carbocycles. The zero-order valence-corrected chi connectivity index (χ0v) is 11.1. The summed E-state index contributed by atoms with van der Waals surface area (Å²) >= 11 is 0. The van der Waals surface area contributed by atoms with Crippen LogP contribution in [0.4, 0.5) is 8.78 Å². The van der Waals surface area contributed by atoms with Gasteiger partial charge in [-0.2, -0.15) is 8.78 Å². The normalized spacial score (nSPS) is 25.3. The zero-order chi connectivity index (χ0) is 13.8. The lowest BCUT2D eigenvalue weighted by Crippen LogP contribution is -2.21. The molecule has 1 saturated carbocycles. The van der Waals surface area contributed by atoms with E-state index in [0.29, 0.717) is 11.5 Å². The molecule has 1 aromatic rings. The SMILES string of the molecule is CC1CCCC(C(O)c2ccccc2OC(F)F)C1. The molecule has 0 aromatic heterocycles. The molecule has 19 heavy (non-hydrogen) atoms. The van der Waals surface area contributed by atoms with Gasteiger partial charge in [-0.15, -0.1) is 0 Å². The highest BCUT2D eigenvalue weighted by atomic mass is 19.3. The van der Waals surface area contributed by atoms with Crippen LogP contribution in [0.5, 0.6) is 5.75 Å². The summed E-state index contributed by atoms with van der Waals surface area (Å²) in [5.41, 5.74) is 0.474. The van der Waals surface area contributed by atoms with Gasteiger partial charge in [-0.25, -0.2) is 0 Å². The van der Waals surface area contributed by atoms with E-state index in [2.05, 4.69) is 11.7 Å². The number of rotatable bonds is 4. The Kier molecular flexibility index (Phi) is 4.75. The van der Waals surface area contributed by atoms with Crippen molar-refractivity contribution in [2.45, 2.75) is 45.3 Å². The molecule has 0 aliphatic heterocycles. The fraction of sp³-hybridized carbons (Fsp3) is 0.600. The van der Waals surface area contributed by atoms with Gasteiger partial charge in [-0.1, -0.05) is 38.0 Å². The van der Waals surface area contributed by atoms with Crippen molar-refractivity contribution in [1.82, 2.24) is 0 Å². The number of ether oxygens (including phenoxy) is 1. The van der Waals surface area contributed by atoms with Crippen molar-refractivity contribution in [2.75, 3.05) is 0 Å². The average Bonchev–Trinajstić information content (AvgIpc) is 2.38. The molecular formula is C15H20F2O2. The van der Waals surface area contributed by atoms with Crippen LogP contribution in [0, 0.1) is 11.8 Å². The molecule has 1 N–H and O–H groups in total. The smallest absolute Gasteiger partial charge is 0.387 e. The van der Waals surface area contributed by atoms with E-state index in [-0.39, 0.29) is 11.7 Å². The maximum atomic E-state index is 12.4. The fourth-order valence-corrected chi connectivity index (χ4v) is 2.95. The second-order valence-corrected chi connectivity index (χ2v) is 5.39. The number of para-hydroxylation sites is 1. The van der Waals surface area contributed by atoms with E-state index in [1.54, 1.807) is 18.2 Å². The van der Waals surface area contributed by atoms with Crippen LogP contribution >= 0.6 is 0 Å². The zero-order valence-electron chi connectivity index (χ0n) is 11.1. The van der Waals surface area contributed by atoms with Crippen molar-refractivity contribution in [3.63, 3.8) is 0 Å². The highest BCUT2D eigenvalue weighted by Crippen LogP contribution is 2.39.